The number of imidazole rings is 1. The van der Waals surface area contributed by atoms with Gasteiger partial charge in [-0.3, -0.25) is 4.57 Å². The third-order valence-corrected chi connectivity index (χ3v) is 10.4. The van der Waals surface area contributed by atoms with E-state index in [0.717, 1.165) is 44.5 Å². The molecule has 2 aromatic heterocycles. The second kappa shape index (κ2) is 11.6. The van der Waals surface area contributed by atoms with Crippen molar-refractivity contribution in [2.45, 2.75) is 5.11 Å². The molecule has 6 heteroatoms. The summed E-state index contributed by atoms with van der Waals surface area (Å²) >= 11 is 0. The maximum atomic E-state index is 6.25. The van der Waals surface area contributed by atoms with Gasteiger partial charge in [0.25, 0.3) is 0 Å². The molecule has 0 aliphatic heterocycles. The Morgan fingerprint density at radius 2 is 1.02 bits per heavy atom. The fraction of sp³-hybridized carbons (Fsp3) is 0.0217. The van der Waals surface area contributed by atoms with E-state index < -0.39 is 0 Å². The van der Waals surface area contributed by atoms with Crippen LogP contribution in [-0.2, 0) is 5.11 Å². The molecule has 0 atom stereocenters. The molecule has 0 fully saturated rings. The van der Waals surface area contributed by atoms with Gasteiger partial charge in [0.05, 0.1) is 40.4 Å². The maximum absolute atomic E-state index is 6.25. The van der Waals surface area contributed by atoms with Gasteiger partial charge < -0.3 is 4.42 Å². The van der Waals surface area contributed by atoms with Crippen molar-refractivity contribution in [2.75, 3.05) is 0 Å². The maximum Gasteiger partial charge on any atom is 0.135 e. The lowest BCUT2D eigenvalue weighted by molar-refractivity contribution is 0.669. The van der Waals surface area contributed by atoms with Crippen LogP contribution in [-0.4, -0.2) is 33.1 Å². The molecule has 52 heavy (non-hydrogen) atoms. The minimum Gasteiger partial charge on any atom is -0.456 e. The van der Waals surface area contributed by atoms with Crippen molar-refractivity contribution in [1.82, 2.24) is 9.55 Å². The van der Waals surface area contributed by atoms with E-state index in [4.69, 9.17) is 9.40 Å². The molecule has 242 valence electrons. The van der Waals surface area contributed by atoms with Crippen LogP contribution in [0, 0.1) is 0 Å². The average Bonchev–Trinajstić information content (AvgIpc) is 3.76. The Morgan fingerprint density at radius 3 is 1.79 bits per heavy atom. The summed E-state index contributed by atoms with van der Waals surface area (Å²) in [5.74, 6) is 1.05. The average molecular weight is 662 g/mol. The highest BCUT2D eigenvalue weighted by atomic mass is 16.3. The Hall–Kier alpha value is -6.26. The molecule has 0 spiro atoms. The lowest BCUT2D eigenvalue weighted by Gasteiger charge is -2.21. The van der Waals surface area contributed by atoms with Gasteiger partial charge >= 0.3 is 0 Å². The van der Waals surface area contributed by atoms with Crippen molar-refractivity contribution in [2.24, 2.45) is 0 Å². The van der Waals surface area contributed by atoms with Gasteiger partial charge in [-0.2, -0.15) is 0 Å². The molecule has 0 saturated carbocycles. The van der Waals surface area contributed by atoms with Crippen LogP contribution in [0.15, 0.2) is 168 Å². The summed E-state index contributed by atoms with van der Waals surface area (Å²) < 4.78 is 8.57. The number of aromatic nitrogens is 2. The summed E-state index contributed by atoms with van der Waals surface area (Å²) in [4.78, 5) is 5.08. The fourth-order valence-electron chi connectivity index (χ4n) is 8.06. The van der Waals surface area contributed by atoms with Crippen molar-refractivity contribution >= 4 is 78.1 Å². The molecule has 0 unspecified atom stereocenters. The van der Waals surface area contributed by atoms with Crippen molar-refractivity contribution in [3.05, 3.63) is 170 Å². The van der Waals surface area contributed by atoms with Crippen LogP contribution in [0.5, 0.6) is 0 Å². The summed E-state index contributed by atoms with van der Waals surface area (Å²) in [5, 5.41) is 7.04. The van der Waals surface area contributed by atoms with Gasteiger partial charge in [-0.15, -0.1) is 0 Å². The van der Waals surface area contributed by atoms with Crippen LogP contribution >= 0.6 is 0 Å². The summed E-state index contributed by atoms with van der Waals surface area (Å²) in [6.45, 7) is 0. The number of nitrogens with zero attached hydrogens (tertiary/aromatic N) is 2. The first-order valence-corrected chi connectivity index (χ1v) is 18.0. The zero-order valence-corrected chi connectivity index (χ0v) is 29.4. The van der Waals surface area contributed by atoms with E-state index in [1.807, 2.05) is 12.1 Å². The van der Waals surface area contributed by atoms with Crippen molar-refractivity contribution in [3.8, 4) is 39.1 Å². The van der Waals surface area contributed by atoms with Crippen molar-refractivity contribution in [3.63, 3.8) is 0 Å². The van der Waals surface area contributed by atoms with E-state index in [9.17, 15) is 0 Å². The molecular weight excluding hydrogens is 629 g/mol. The first kappa shape index (κ1) is 30.6. The number of fused-ring (bicyclic) bond motifs is 6. The Kier molecular flexibility index (Phi) is 6.84. The molecule has 0 N–H and O–H groups in total. The summed E-state index contributed by atoms with van der Waals surface area (Å²) in [7, 11) is 6.69. The molecule has 3 nitrogen and oxygen atoms in total. The van der Waals surface area contributed by atoms with Crippen LogP contribution in [0.1, 0.15) is 5.82 Å². The highest BCUT2D eigenvalue weighted by Gasteiger charge is 2.24. The summed E-state index contributed by atoms with van der Waals surface area (Å²) in [6.07, 6.45) is 0. The van der Waals surface area contributed by atoms with Gasteiger partial charge in [-0.05, 0) is 103 Å². The van der Waals surface area contributed by atoms with Gasteiger partial charge in [0.2, 0.25) is 0 Å². The van der Waals surface area contributed by atoms with Crippen LogP contribution in [0.3, 0.4) is 0 Å². The van der Waals surface area contributed by atoms with E-state index in [1.165, 1.54) is 54.9 Å². The number of furan rings is 1. The zero-order chi connectivity index (χ0) is 35.0. The standard InChI is InChI=1S/C46H33B3N2O/c47-46(48,49)45-50-39-15-7-8-16-40(39)51(45)32-22-18-29(19-23-32)43-34-13-4-5-14-35(34)44(38-26-30(20-24-36(38)43)28-10-2-1-3-11-28)31-21-25-42-37(27-31)33-12-6-9-17-41(33)52-42/h1-27H,47-49H2. The lowest BCUT2D eigenvalue weighted by Crippen LogP contribution is -2.31. The molecule has 0 bridgehead atoms. The van der Waals surface area contributed by atoms with E-state index in [-0.39, 0.29) is 5.11 Å². The van der Waals surface area contributed by atoms with Crippen LogP contribution in [0.4, 0.5) is 0 Å². The largest absolute Gasteiger partial charge is 0.456 e. The summed E-state index contributed by atoms with van der Waals surface area (Å²) in [6, 6.07) is 59.0. The molecule has 0 amide bonds. The zero-order valence-electron chi connectivity index (χ0n) is 29.4. The molecule has 0 aliphatic carbocycles. The van der Waals surface area contributed by atoms with E-state index in [1.54, 1.807) is 0 Å². The number of para-hydroxylation sites is 3. The normalized spacial score (nSPS) is 12.1. The third kappa shape index (κ3) is 4.82. The molecule has 10 rings (SSSR count). The molecule has 8 aromatic carbocycles. The molecule has 2 heterocycles. The van der Waals surface area contributed by atoms with E-state index >= 15 is 0 Å². The van der Waals surface area contributed by atoms with Gasteiger partial charge in [0.15, 0.2) is 0 Å². The Bertz CT molecular complexity index is 2990. The predicted octanol–water partition coefficient (Wildman–Crippen LogP) is 9.24. The highest BCUT2D eigenvalue weighted by Crippen LogP contribution is 2.46. The van der Waals surface area contributed by atoms with Gasteiger partial charge in [0, 0.05) is 16.5 Å². The first-order valence-electron chi connectivity index (χ1n) is 18.0. The lowest BCUT2D eigenvalue weighted by atomic mass is 9.42. The Morgan fingerprint density at radius 1 is 0.442 bits per heavy atom. The van der Waals surface area contributed by atoms with Gasteiger partial charge in [-0.25, -0.2) is 4.98 Å². The summed E-state index contributed by atoms with van der Waals surface area (Å²) in [5.41, 5.74) is 12.3. The van der Waals surface area contributed by atoms with Crippen LogP contribution in [0.25, 0.3) is 93.6 Å². The second-order valence-corrected chi connectivity index (χ2v) is 14.8. The molecule has 0 radical (unpaired) electrons. The van der Waals surface area contributed by atoms with Gasteiger partial charge in [-0.1, -0.05) is 120 Å². The predicted molar refractivity (Wildman–Crippen MR) is 227 cm³/mol. The fourth-order valence-corrected chi connectivity index (χ4v) is 8.06. The van der Waals surface area contributed by atoms with Crippen molar-refractivity contribution < 1.29 is 4.42 Å². The van der Waals surface area contributed by atoms with Crippen molar-refractivity contribution in [1.29, 1.82) is 0 Å². The quantitative estimate of drug-likeness (QED) is 0.136. The van der Waals surface area contributed by atoms with E-state index in [0.29, 0.717) is 0 Å². The number of benzene rings is 8. The molecular formula is C46H33B3N2O. The van der Waals surface area contributed by atoms with E-state index in [2.05, 4.69) is 180 Å². The number of hydrogen-bond donors (Lipinski definition) is 0. The molecule has 0 aliphatic rings. The Labute approximate surface area is 304 Å². The number of hydrogen-bond acceptors (Lipinski definition) is 2. The monoisotopic (exact) mass is 662 g/mol. The Balaban J connectivity index is 1.23. The SMILES string of the molecule is BC(B)(B)c1nc2ccccc2n1-c1ccc(-c2c3ccccc3c(-c3ccc4oc5ccccc5c4c3)c3cc(-c4ccccc4)ccc23)cc1. The van der Waals surface area contributed by atoms with Crippen LogP contribution in [0.2, 0.25) is 0 Å². The van der Waals surface area contributed by atoms with Gasteiger partial charge in [0.1, 0.15) is 11.2 Å². The minimum atomic E-state index is -0.123. The topological polar surface area (TPSA) is 31.0 Å². The third-order valence-electron chi connectivity index (χ3n) is 10.4. The minimum absolute atomic E-state index is 0.123. The molecule has 0 saturated heterocycles. The smallest absolute Gasteiger partial charge is 0.135 e. The highest BCUT2D eigenvalue weighted by molar-refractivity contribution is 6.58. The van der Waals surface area contributed by atoms with Crippen LogP contribution < -0.4 is 0 Å². The molecule has 10 aromatic rings. The second-order valence-electron chi connectivity index (χ2n) is 14.8. The first-order chi connectivity index (χ1) is 25.4. The number of rotatable bonds is 5.